The summed E-state index contributed by atoms with van der Waals surface area (Å²) in [6, 6.07) is 14.8. The first-order valence-corrected chi connectivity index (χ1v) is 13.2. The highest BCUT2D eigenvalue weighted by molar-refractivity contribution is 6.05. The smallest absolute Gasteiger partial charge is 0.255 e. The number of nitrogens with two attached hydrogens (primary N) is 1. The molecule has 3 N–H and O–H groups in total. The number of nitrogens with zero attached hydrogens (tertiary/aromatic N) is 1. The van der Waals surface area contributed by atoms with Gasteiger partial charge in [0.1, 0.15) is 11.9 Å². The molecule has 2 aromatic carbocycles. The third-order valence-electron chi connectivity index (χ3n) is 8.89. The Morgan fingerprint density at radius 2 is 1.56 bits per heavy atom. The number of amides is 1. The normalized spacial score (nSPS) is 30.9. The summed E-state index contributed by atoms with van der Waals surface area (Å²) in [5, 5.41) is 2.88. The van der Waals surface area contributed by atoms with Crippen LogP contribution in [0.3, 0.4) is 0 Å². The number of para-hydroxylation sites is 2. The predicted molar refractivity (Wildman–Crippen MR) is 136 cm³/mol. The van der Waals surface area contributed by atoms with E-state index in [1.54, 1.807) is 12.1 Å². The average Bonchev–Trinajstić information content (AvgIpc) is 2.81. The van der Waals surface area contributed by atoms with Gasteiger partial charge in [0.2, 0.25) is 0 Å². The Bertz CT molecular complexity index is 991. The molecular weight excluding hydrogens is 422 g/mol. The average molecular weight is 460 g/mol. The number of hydrogen-bond acceptors (Lipinski definition) is 4. The summed E-state index contributed by atoms with van der Waals surface area (Å²) < 4.78 is 6.29. The number of nitrogens with one attached hydrogen (secondary N) is 1. The lowest BCUT2D eigenvalue weighted by Gasteiger charge is -2.58. The van der Waals surface area contributed by atoms with Gasteiger partial charge in [-0.05, 0) is 111 Å². The molecule has 0 spiro atoms. The number of hydrogen-bond donors (Lipinski definition) is 2. The first-order valence-electron chi connectivity index (χ1n) is 13.2. The van der Waals surface area contributed by atoms with Gasteiger partial charge in [-0.1, -0.05) is 12.1 Å². The van der Waals surface area contributed by atoms with Crippen molar-refractivity contribution in [3.8, 4) is 5.75 Å². The molecule has 5 fully saturated rings. The standard InChI is InChI=1S/C29H37N3O2/c30-26-3-1-2-4-27(26)31-28(33)23-5-7-24(8-6-23)34-25-9-11-32(12-10-25)19-29-16-20-13-21(17-29)15-22(14-20)18-29/h1-8,20-22,25H,9-19,30H2,(H,31,33). The maximum atomic E-state index is 12.6. The molecule has 1 saturated heterocycles. The van der Waals surface area contributed by atoms with Crippen LogP contribution >= 0.6 is 0 Å². The topological polar surface area (TPSA) is 67.6 Å². The summed E-state index contributed by atoms with van der Waals surface area (Å²) in [6.07, 6.45) is 11.5. The molecule has 1 aliphatic heterocycles. The van der Waals surface area contributed by atoms with Gasteiger partial charge in [-0.2, -0.15) is 0 Å². The van der Waals surface area contributed by atoms with E-state index in [-0.39, 0.29) is 12.0 Å². The van der Waals surface area contributed by atoms with Crippen molar-refractivity contribution in [3.05, 3.63) is 54.1 Å². The molecule has 7 rings (SSSR count). The number of ether oxygens (including phenoxy) is 1. The minimum Gasteiger partial charge on any atom is -0.490 e. The Morgan fingerprint density at radius 1 is 0.941 bits per heavy atom. The molecule has 0 aromatic heterocycles. The Balaban J connectivity index is 0.993. The first kappa shape index (κ1) is 22.0. The molecule has 5 aliphatic rings. The molecular formula is C29H37N3O2. The second kappa shape index (κ2) is 8.92. The fourth-order valence-corrected chi connectivity index (χ4v) is 7.83. The zero-order chi connectivity index (χ0) is 23.1. The van der Waals surface area contributed by atoms with E-state index in [9.17, 15) is 4.79 Å². The third-order valence-corrected chi connectivity index (χ3v) is 8.89. The summed E-state index contributed by atoms with van der Waals surface area (Å²) in [6.45, 7) is 3.61. The Labute approximate surface area is 203 Å². The Morgan fingerprint density at radius 3 is 2.18 bits per heavy atom. The van der Waals surface area contributed by atoms with Crippen LogP contribution in [-0.4, -0.2) is 36.5 Å². The van der Waals surface area contributed by atoms with E-state index in [1.165, 1.54) is 45.1 Å². The number of likely N-dealkylation sites (tertiary alicyclic amines) is 1. The Kier molecular flexibility index (Phi) is 5.76. The molecule has 180 valence electrons. The molecule has 2 aromatic rings. The molecule has 1 heterocycles. The quantitative estimate of drug-likeness (QED) is 0.553. The lowest BCUT2D eigenvalue weighted by atomic mass is 9.49. The number of carbonyl (C=O) groups excluding carboxylic acids is 1. The lowest BCUT2D eigenvalue weighted by molar-refractivity contribution is -0.0740. The number of nitrogen functional groups attached to an aromatic ring is 1. The van der Waals surface area contributed by atoms with E-state index < -0.39 is 0 Å². The van der Waals surface area contributed by atoms with Crippen LogP contribution in [0.25, 0.3) is 0 Å². The number of carbonyl (C=O) groups is 1. The molecule has 5 heteroatoms. The van der Waals surface area contributed by atoms with Crippen molar-refractivity contribution < 1.29 is 9.53 Å². The van der Waals surface area contributed by atoms with Crippen molar-refractivity contribution in [2.45, 2.75) is 57.5 Å². The molecule has 1 amide bonds. The first-order chi connectivity index (χ1) is 16.5. The number of piperidine rings is 1. The lowest BCUT2D eigenvalue weighted by Crippen LogP contribution is -2.52. The maximum Gasteiger partial charge on any atom is 0.255 e. The highest BCUT2D eigenvalue weighted by atomic mass is 16.5. The van der Waals surface area contributed by atoms with Gasteiger partial charge in [-0.25, -0.2) is 0 Å². The Hall–Kier alpha value is -2.53. The fourth-order valence-electron chi connectivity index (χ4n) is 7.83. The molecule has 0 atom stereocenters. The SMILES string of the molecule is Nc1ccccc1NC(=O)c1ccc(OC2CCN(CC34CC5CC(CC(C5)C3)C4)CC2)cc1. The highest BCUT2D eigenvalue weighted by Crippen LogP contribution is 2.60. The minimum absolute atomic E-state index is 0.164. The number of rotatable bonds is 6. The maximum absolute atomic E-state index is 12.6. The molecule has 34 heavy (non-hydrogen) atoms. The van der Waals surface area contributed by atoms with Crippen molar-refractivity contribution in [2.24, 2.45) is 23.2 Å². The highest BCUT2D eigenvalue weighted by Gasteiger charge is 2.51. The van der Waals surface area contributed by atoms with Crippen LogP contribution in [0.5, 0.6) is 5.75 Å². The van der Waals surface area contributed by atoms with Crippen LogP contribution in [0.1, 0.15) is 61.7 Å². The van der Waals surface area contributed by atoms with Gasteiger partial charge in [0, 0.05) is 25.2 Å². The molecule has 0 unspecified atom stereocenters. The minimum atomic E-state index is -0.164. The van der Waals surface area contributed by atoms with E-state index >= 15 is 0 Å². The zero-order valence-electron chi connectivity index (χ0n) is 20.0. The predicted octanol–water partition coefficient (Wildman–Crippen LogP) is 5.58. The van der Waals surface area contributed by atoms with Gasteiger partial charge >= 0.3 is 0 Å². The summed E-state index contributed by atoms with van der Waals surface area (Å²) in [5.41, 5.74) is 8.35. The second-order valence-electron chi connectivity index (χ2n) is 11.6. The van der Waals surface area contributed by atoms with E-state index in [2.05, 4.69) is 10.2 Å². The number of anilines is 2. The van der Waals surface area contributed by atoms with Crippen LogP contribution < -0.4 is 15.8 Å². The van der Waals surface area contributed by atoms with E-state index in [0.29, 0.717) is 22.4 Å². The largest absolute Gasteiger partial charge is 0.490 e. The van der Waals surface area contributed by atoms with Crippen molar-refractivity contribution in [1.29, 1.82) is 0 Å². The molecule has 4 bridgehead atoms. The van der Waals surface area contributed by atoms with Gasteiger partial charge in [0.05, 0.1) is 11.4 Å². The zero-order valence-corrected chi connectivity index (χ0v) is 20.0. The van der Waals surface area contributed by atoms with Crippen LogP contribution in [-0.2, 0) is 0 Å². The van der Waals surface area contributed by atoms with Gasteiger partial charge in [-0.15, -0.1) is 0 Å². The summed E-state index contributed by atoms with van der Waals surface area (Å²) in [4.78, 5) is 15.3. The number of benzene rings is 2. The monoisotopic (exact) mass is 459 g/mol. The van der Waals surface area contributed by atoms with Crippen molar-refractivity contribution in [2.75, 3.05) is 30.7 Å². The van der Waals surface area contributed by atoms with E-state index in [1.807, 2.05) is 36.4 Å². The molecule has 0 radical (unpaired) electrons. The van der Waals surface area contributed by atoms with Crippen molar-refractivity contribution in [1.82, 2.24) is 4.90 Å². The van der Waals surface area contributed by atoms with Gasteiger partial charge in [0.15, 0.2) is 0 Å². The van der Waals surface area contributed by atoms with Gasteiger partial charge in [0.25, 0.3) is 5.91 Å². The summed E-state index contributed by atoms with van der Waals surface area (Å²) in [7, 11) is 0. The van der Waals surface area contributed by atoms with Crippen LogP contribution in [0.15, 0.2) is 48.5 Å². The second-order valence-corrected chi connectivity index (χ2v) is 11.6. The molecule has 5 nitrogen and oxygen atoms in total. The fraction of sp³-hybridized carbons (Fsp3) is 0.552. The van der Waals surface area contributed by atoms with Crippen LogP contribution in [0.4, 0.5) is 11.4 Å². The van der Waals surface area contributed by atoms with Crippen molar-refractivity contribution >= 4 is 17.3 Å². The summed E-state index contributed by atoms with van der Waals surface area (Å²) >= 11 is 0. The van der Waals surface area contributed by atoms with Gasteiger partial charge < -0.3 is 20.7 Å². The van der Waals surface area contributed by atoms with Crippen LogP contribution in [0, 0.1) is 23.2 Å². The van der Waals surface area contributed by atoms with Crippen LogP contribution in [0.2, 0.25) is 0 Å². The van der Waals surface area contributed by atoms with E-state index in [0.717, 1.165) is 49.4 Å². The van der Waals surface area contributed by atoms with E-state index in [4.69, 9.17) is 10.5 Å². The third kappa shape index (κ3) is 4.55. The van der Waals surface area contributed by atoms with Gasteiger partial charge in [-0.3, -0.25) is 4.79 Å². The molecule has 4 aliphatic carbocycles. The molecule has 4 saturated carbocycles. The van der Waals surface area contributed by atoms with Crippen molar-refractivity contribution in [3.63, 3.8) is 0 Å². The summed E-state index contributed by atoms with van der Waals surface area (Å²) in [5.74, 6) is 3.77.